The number of hydrogen-bond acceptors (Lipinski definition) is 3. The van der Waals surface area contributed by atoms with E-state index in [1.54, 1.807) is 7.11 Å². The fourth-order valence-corrected chi connectivity index (χ4v) is 4.44. The van der Waals surface area contributed by atoms with Crippen molar-refractivity contribution in [3.8, 4) is 11.5 Å². The zero-order valence-corrected chi connectivity index (χ0v) is 17.5. The normalized spacial score (nSPS) is 15.7. The predicted octanol–water partition coefficient (Wildman–Crippen LogP) is 5.64. The van der Waals surface area contributed by atoms with Crippen LogP contribution in [0.2, 0.25) is 5.02 Å². The van der Waals surface area contributed by atoms with Crippen molar-refractivity contribution < 1.29 is 9.47 Å². The number of methoxy groups -OCH3 is 1. The first-order valence-electron chi connectivity index (χ1n) is 10.1. The summed E-state index contributed by atoms with van der Waals surface area (Å²) in [6.07, 6.45) is 0.955. The minimum absolute atomic E-state index is 0.0131. The molecule has 1 aromatic heterocycles. The van der Waals surface area contributed by atoms with Gasteiger partial charge in [-0.3, -0.25) is 0 Å². The van der Waals surface area contributed by atoms with Crippen LogP contribution < -0.4 is 14.8 Å². The molecule has 2 heterocycles. The number of para-hydroxylation sites is 1. The van der Waals surface area contributed by atoms with Gasteiger partial charge >= 0.3 is 0 Å². The molecule has 3 aromatic carbocycles. The van der Waals surface area contributed by atoms with E-state index in [-0.39, 0.29) is 6.04 Å². The number of nitrogens with one attached hydrogen (secondary N) is 2. The van der Waals surface area contributed by atoms with Gasteiger partial charge in [0.25, 0.3) is 0 Å². The van der Waals surface area contributed by atoms with Crippen LogP contribution in [0.15, 0.2) is 66.7 Å². The third-order valence-electron chi connectivity index (χ3n) is 5.68. The molecule has 4 nitrogen and oxygen atoms in total. The number of aromatic nitrogens is 1. The van der Waals surface area contributed by atoms with Gasteiger partial charge in [-0.2, -0.15) is 0 Å². The lowest BCUT2D eigenvalue weighted by Crippen LogP contribution is -2.30. The Morgan fingerprint density at radius 2 is 1.90 bits per heavy atom. The Morgan fingerprint density at radius 3 is 2.73 bits per heavy atom. The van der Waals surface area contributed by atoms with Crippen LogP contribution in [-0.2, 0) is 13.0 Å². The van der Waals surface area contributed by atoms with Crippen molar-refractivity contribution in [2.24, 2.45) is 0 Å². The molecular formula is C25H23ClN2O2. The average molecular weight is 419 g/mol. The zero-order valence-electron chi connectivity index (χ0n) is 16.7. The molecule has 0 bridgehead atoms. The number of hydrogen-bond donors (Lipinski definition) is 2. The Balaban J connectivity index is 1.57. The van der Waals surface area contributed by atoms with Crippen molar-refractivity contribution in [2.45, 2.75) is 19.1 Å². The van der Waals surface area contributed by atoms with E-state index >= 15 is 0 Å². The van der Waals surface area contributed by atoms with E-state index in [9.17, 15) is 0 Å². The van der Waals surface area contributed by atoms with E-state index in [0.717, 1.165) is 51.8 Å². The van der Waals surface area contributed by atoms with Gasteiger partial charge in [-0.05, 0) is 41.8 Å². The molecule has 1 aliphatic heterocycles. The monoisotopic (exact) mass is 418 g/mol. The Morgan fingerprint density at radius 1 is 1.03 bits per heavy atom. The highest BCUT2D eigenvalue weighted by molar-refractivity contribution is 6.31. The molecule has 0 aliphatic carbocycles. The fraction of sp³-hybridized carbons (Fsp3) is 0.200. The minimum atomic E-state index is -0.0131. The Hall–Kier alpha value is -2.95. The fourth-order valence-electron chi connectivity index (χ4n) is 4.27. The first-order chi connectivity index (χ1) is 14.7. The standard InChI is InChI=1S/C25H23ClN2O2/c1-29-22-9-5-8-19(25(22)30-15-16-6-3-2-4-7-16)23-24-18(12-13-27-23)20-14-17(26)10-11-21(20)28-24/h2-11,14,23,27-28H,12-13,15H2,1H3. The Kier molecular flexibility index (Phi) is 5.11. The maximum Gasteiger partial charge on any atom is 0.166 e. The summed E-state index contributed by atoms with van der Waals surface area (Å²) in [5.74, 6) is 1.50. The average Bonchev–Trinajstić information content (AvgIpc) is 3.16. The molecule has 5 rings (SSSR count). The molecule has 0 saturated heterocycles. The third-order valence-corrected chi connectivity index (χ3v) is 5.91. The lowest BCUT2D eigenvalue weighted by molar-refractivity contribution is 0.278. The largest absolute Gasteiger partial charge is 0.493 e. The van der Waals surface area contributed by atoms with Crippen LogP contribution >= 0.6 is 11.6 Å². The predicted molar refractivity (Wildman–Crippen MR) is 121 cm³/mol. The van der Waals surface area contributed by atoms with E-state index in [2.05, 4.69) is 28.5 Å². The third kappa shape index (κ3) is 3.42. The van der Waals surface area contributed by atoms with Crippen LogP contribution in [0.4, 0.5) is 0 Å². The molecule has 0 spiro atoms. The SMILES string of the molecule is COc1cccc(C2NCCc3c2[nH]c2ccc(Cl)cc32)c1OCc1ccccc1. The molecule has 0 saturated carbocycles. The molecule has 152 valence electrons. The number of aromatic amines is 1. The van der Waals surface area contributed by atoms with Crippen molar-refractivity contribution in [1.82, 2.24) is 10.3 Å². The van der Waals surface area contributed by atoms with Crippen molar-refractivity contribution >= 4 is 22.5 Å². The van der Waals surface area contributed by atoms with Crippen LogP contribution in [0.5, 0.6) is 11.5 Å². The molecule has 1 unspecified atom stereocenters. The molecule has 4 aromatic rings. The first-order valence-corrected chi connectivity index (χ1v) is 10.5. The summed E-state index contributed by atoms with van der Waals surface area (Å²) < 4.78 is 12.0. The molecule has 1 atom stereocenters. The second-order valence-corrected chi connectivity index (χ2v) is 7.93. The maximum atomic E-state index is 6.31. The van der Waals surface area contributed by atoms with E-state index in [0.29, 0.717) is 6.61 Å². The molecule has 2 N–H and O–H groups in total. The van der Waals surface area contributed by atoms with Crippen LogP contribution in [0.3, 0.4) is 0 Å². The van der Waals surface area contributed by atoms with Crippen molar-refractivity contribution in [3.05, 3.63) is 94.1 Å². The van der Waals surface area contributed by atoms with Crippen LogP contribution in [0.25, 0.3) is 10.9 Å². The van der Waals surface area contributed by atoms with Gasteiger partial charge in [0.05, 0.1) is 13.2 Å². The molecule has 0 fully saturated rings. The second-order valence-electron chi connectivity index (χ2n) is 7.50. The summed E-state index contributed by atoms with van der Waals surface area (Å²) in [5, 5.41) is 5.61. The van der Waals surface area contributed by atoms with E-state index in [4.69, 9.17) is 21.1 Å². The van der Waals surface area contributed by atoms with Gasteiger partial charge in [-0.25, -0.2) is 0 Å². The van der Waals surface area contributed by atoms with E-state index in [1.165, 1.54) is 10.9 Å². The summed E-state index contributed by atoms with van der Waals surface area (Å²) in [6, 6.07) is 22.2. The molecule has 0 amide bonds. The Bertz CT molecular complexity index is 1190. The zero-order chi connectivity index (χ0) is 20.5. The van der Waals surface area contributed by atoms with Crippen molar-refractivity contribution in [3.63, 3.8) is 0 Å². The number of benzene rings is 3. The van der Waals surface area contributed by atoms with Crippen molar-refractivity contribution in [1.29, 1.82) is 0 Å². The van der Waals surface area contributed by atoms with Gasteiger partial charge in [-0.1, -0.05) is 54.1 Å². The second kappa shape index (κ2) is 8.05. The lowest BCUT2D eigenvalue weighted by atomic mass is 9.93. The van der Waals surface area contributed by atoms with Gasteiger partial charge in [0.2, 0.25) is 0 Å². The van der Waals surface area contributed by atoms with Crippen LogP contribution in [-0.4, -0.2) is 18.6 Å². The molecular weight excluding hydrogens is 396 g/mol. The topological polar surface area (TPSA) is 46.3 Å². The quantitative estimate of drug-likeness (QED) is 0.440. The number of H-pyrrole nitrogens is 1. The molecule has 5 heteroatoms. The summed E-state index contributed by atoms with van der Waals surface area (Å²) in [6.45, 7) is 1.36. The minimum Gasteiger partial charge on any atom is -0.493 e. The number of fused-ring (bicyclic) bond motifs is 3. The summed E-state index contributed by atoms with van der Waals surface area (Å²) in [7, 11) is 1.68. The van der Waals surface area contributed by atoms with Gasteiger partial charge in [0.15, 0.2) is 11.5 Å². The summed E-state index contributed by atoms with van der Waals surface area (Å²) in [5.41, 5.74) is 5.76. The lowest BCUT2D eigenvalue weighted by Gasteiger charge is -2.27. The number of halogens is 1. The van der Waals surface area contributed by atoms with Crippen LogP contribution in [0, 0.1) is 0 Å². The summed E-state index contributed by atoms with van der Waals surface area (Å²) in [4.78, 5) is 3.61. The van der Waals surface area contributed by atoms with E-state index < -0.39 is 0 Å². The molecule has 1 aliphatic rings. The maximum absolute atomic E-state index is 6.31. The highest BCUT2D eigenvalue weighted by atomic mass is 35.5. The summed E-state index contributed by atoms with van der Waals surface area (Å²) >= 11 is 6.27. The smallest absolute Gasteiger partial charge is 0.166 e. The highest BCUT2D eigenvalue weighted by Crippen LogP contribution is 2.41. The van der Waals surface area contributed by atoms with Gasteiger partial charge in [-0.15, -0.1) is 0 Å². The highest BCUT2D eigenvalue weighted by Gasteiger charge is 2.28. The molecule has 30 heavy (non-hydrogen) atoms. The van der Waals surface area contributed by atoms with Gasteiger partial charge in [0.1, 0.15) is 6.61 Å². The number of rotatable bonds is 5. The first kappa shape index (κ1) is 19.0. The number of ether oxygens (including phenoxy) is 2. The van der Waals surface area contributed by atoms with Gasteiger partial charge < -0.3 is 19.8 Å². The van der Waals surface area contributed by atoms with E-state index in [1.807, 2.05) is 48.5 Å². The van der Waals surface area contributed by atoms with Gasteiger partial charge in [0, 0.05) is 33.7 Å². The van der Waals surface area contributed by atoms with Crippen LogP contribution in [0.1, 0.15) is 28.4 Å². The van der Waals surface area contributed by atoms with Crippen molar-refractivity contribution in [2.75, 3.05) is 13.7 Å². The Labute approximate surface area is 180 Å². The molecule has 0 radical (unpaired) electrons.